The second-order valence-corrected chi connectivity index (χ2v) is 8.33. The number of hydrogen-bond donors (Lipinski definition) is 1. The SMILES string of the molecule is CSc1nc(-c2ccc(S(N)(=O)=O)cc2)n(-c2ccc(C)cc2)c(=O)c1C#N. The van der Waals surface area contributed by atoms with Gasteiger partial charge in [-0.3, -0.25) is 9.36 Å². The van der Waals surface area contributed by atoms with Crippen LogP contribution in [0, 0.1) is 18.3 Å². The Morgan fingerprint density at radius 3 is 2.21 bits per heavy atom. The van der Waals surface area contributed by atoms with E-state index in [-0.39, 0.29) is 10.5 Å². The van der Waals surface area contributed by atoms with Gasteiger partial charge in [0.1, 0.15) is 22.5 Å². The van der Waals surface area contributed by atoms with Crippen LogP contribution < -0.4 is 10.7 Å². The zero-order valence-electron chi connectivity index (χ0n) is 15.1. The van der Waals surface area contributed by atoms with E-state index >= 15 is 0 Å². The van der Waals surface area contributed by atoms with Gasteiger partial charge in [0.25, 0.3) is 5.56 Å². The van der Waals surface area contributed by atoms with Crippen LogP contribution in [0.5, 0.6) is 0 Å². The molecule has 0 saturated carbocycles. The van der Waals surface area contributed by atoms with Crippen LogP contribution in [0.25, 0.3) is 17.1 Å². The summed E-state index contributed by atoms with van der Waals surface area (Å²) in [4.78, 5) is 17.5. The standard InChI is InChI=1S/C19H16N4O3S2/c1-12-3-7-14(8-4-12)23-17(22-18(27-2)16(11-20)19(23)24)13-5-9-15(10-6-13)28(21,25)26/h3-10H,1-2H3,(H2,21,25,26). The number of hydrogen-bond acceptors (Lipinski definition) is 6. The second kappa shape index (κ2) is 7.59. The van der Waals surface area contributed by atoms with Gasteiger partial charge in [-0.25, -0.2) is 18.5 Å². The van der Waals surface area contributed by atoms with Gasteiger partial charge in [0.15, 0.2) is 0 Å². The number of nitrogens with zero attached hydrogens (tertiary/aromatic N) is 3. The number of thioether (sulfide) groups is 1. The molecule has 7 nitrogen and oxygen atoms in total. The molecule has 1 aromatic heterocycles. The number of rotatable bonds is 4. The monoisotopic (exact) mass is 412 g/mol. The van der Waals surface area contributed by atoms with Crippen LogP contribution in [0.1, 0.15) is 11.1 Å². The normalized spacial score (nSPS) is 11.2. The molecule has 2 aromatic carbocycles. The predicted molar refractivity (Wildman–Crippen MR) is 108 cm³/mol. The Kier molecular flexibility index (Phi) is 5.38. The average Bonchev–Trinajstić information content (AvgIpc) is 2.67. The van der Waals surface area contributed by atoms with E-state index in [4.69, 9.17) is 5.14 Å². The smallest absolute Gasteiger partial charge is 0.267 e. The van der Waals surface area contributed by atoms with Gasteiger partial charge in [-0.2, -0.15) is 5.26 Å². The van der Waals surface area contributed by atoms with E-state index < -0.39 is 15.6 Å². The highest BCUT2D eigenvalue weighted by Crippen LogP contribution is 2.25. The molecular weight excluding hydrogens is 396 g/mol. The predicted octanol–water partition coefficient (Wildman–Crippen LogP) is 2.45. The Balaban J connectivity index is 2.33. The van der Waals surface area contributed by atoms with Crippen LogP contribution >= 0.6 is 11.8 Å². The summed E-state index contributed by atoms with van der Waals surface area (Å²) in [6.07, 6.45) is 1.73. The van der Waals surface area contributed by atoms with Gasteiger partial charge in [0.2, 0.25) is 10.0 Å². The molecule has 9 heteroatoms. The van der Waals surface area contributed by atoms with Crippen molar-refractivity contribution in [1.29, 1.82) is 5.26 Å². The minimum atomic E-state index is -3.84. The third kappa shape index (κ3) is 3.71. The number of benzene rings is 2. The van der Waals surface area contributed by atoms with Gasteiger partial charge in [-0.15, -0.1) is 11.8 Å². The minimum Gasteiger partial charge on any atom is -0.267 e. The zero-order valence-corrected chi connectivity index (χ0v) is 16.7. The van der Waals surface area contributed by atoms with Crippen molar-refractivity contribution in [3.05, 3.63) is 70.0 Å². The number of aryl methyl sites for hydroxylation is 1. The molecule has 0 amide bonds. The van der Waals surface area contributed by atoms with Gasteiger partial charge >= 0.3 is 0 Å². The van der Waals surface area contributed by atoms with E-state index in [1.54, 1.807) is 18.4 Å². The maximum Gasteiger partial charge on any atom is 0.277 e. The van der Waals surface area contributed by atoms with Crippen molar-refractivity contribution in [3.63, 3.8) is 0 Å². The first-order chi connectivity index (χ1) is 13.3. The van der Waals surface area contributed by atoms with E-state index in [2.05, 4.69) is 4.98 Å². The van der Waals surface area contributed by atoms with Gasteiger partial charge in [-0.1, -0.05) is 17.7 Å². The van der Waals surface area contributed by atoms with Gasteiger partial charge in [0, 0.05) is 5.56 Å². The molecule has 28 heavy (non-hydrogen) atoms. The summed E-state index contributed by atoms with van der Waals surface area (Å²) in [6, 6.07) is 14.9. The minimum absolute atomic E-state index is 0.0424. The summed E-state index contributed by atoms with van der Waals surface area (Å²) in [6.45, 7) is 1.93. The molecular formula is C19H16N4O3S2. The number of sulfonamides is 1. The largest absolute Gasteiger partial charge is 0.277 e. The molecule has 0 aliphatic heterocycles. The second-order valence-electron chi connectivity index (χ2n) is 5.98. The van der Waals surface area contributed by atoms with E-state index in [1.807, 2.05) is 25.1 Å². The molecule has 0 unspecified atom stereocenters. The maximum absolute atomic E-state index is 13.1. The van der Waals surface area contributed by atoms with Gasteiger partial charge < -0.3 is 0 Å². The molecule has 0 spiro atoms. The zero-order chi connectivity index (χ0) is 20.5. The first-order valence-electron chi connectivity index (χ1n) is 8.07. The Labute approximate surface area is 166 Å². The first-order valence-corrected chi connectivity index (χ1v) is 10.8. The van der Waals surface area contributed by atoms with Crippen molar-refractivity contribution in [2.24, 2.45) is 5.14 Å². The lowest BCUT2D eigenvalue weighted by molar-refractivity contribution is 0.598. The van der Waals surface area contributed by atoms with Crippen LogP contribution in [-0.4, -0.2) is 24.2 Å². The molecule has 0 bridgehead atoms. The van der Waals surface area contributed by atoms with Crippen molar-refractivity contribution in [2.45, 2.75) is 16.8 Å². The Morgan fingerprint density at radius 2 is 1.71 bits per heavy atom. The number of nitriles is 1. The fourth-order valence-corrected chi connectivity index (χ4v) is 3.70. The average molecular weight is 412 g/mol. The van der Waals surface area contributed by atoms with E-state index in [9.17, 15) is 18.5 Å². The van der Waals surface area contributed by atoms with Crippen molar-refractivity contribution in [3.8, 4) is 23.1 Å². The molecule has 3 rings (SSSR count). The number of aromatic nitrogens is 2. The van der Waals surface area contributed by atoms with Crippen molar-refractivity contribution >= 4 is 21.8 Å². The quantitative estimate of drug-likeness (QED) is 0.519. The van der Waals surface area contributed by atoms with E-state index in [0.717, 1.165) is 5.56 Å². The summed E-state index contributed by atoms with van der Waals surface area (Å²) < 4.78 is 24.4. The van der Waals surface area contributed by atoms with Crippen LogP contribution in [0.4, 0.5) is 0 Å². The maximum atomic E-state index is 13.1. The van der Waals surface area contributed by atoms with E-state index in [1.165, 1.54) is 40.6 Å². The fourth-order valence-electron chi connectivity index (χ4n) is 2.67. The molecule has 0 aliphatic rings. The Hall–Kier alpha value is -2.93. The molecule has 0 radical (unpaired) electrons. The molecule has 0 atom stereocenters. The Bertz CT molecular complexity index is 1240. The van der Waals surface area contributed by atoms with Crippen LogP contribution in [0.15, 0.2) is 63.2 Å². The summed E-state index contributed by atoms with van der Waals surface area (Å²) in [7, 11) is -3.84. The number of nitrogens with two attached hydrogens (primary N) is 1. The molecule has 142 valence electrons. The van der Waals surface area contributed by atoms with Gasteiger partial charge in [0.05, 0.1) is 10.6 Å². The molecule has 0 fully saturated rings. The van der Waals surface area contributed by atoms with Crippen LogP contribution in [0.3, 0.4) is 0 Å². The lowest BCUT2D eigenvalue weighted by atomic mass is 10.1. The molecule has 0 saturated heterocycles. The van der Waals surface area contributed by atoms with Gasteiger partial charge in [-0.05, 0) is 49.6 Å². The third-order valence-corrected chi connectivity index (χ3v) is 5.70. The number of primary sulfonamides is 1. The molecule has 3 aromatic rings. The van der Waals surface area contributed by atoms with Crippen molar-refractivity contribution in [1.82, 2.24) is 9.55 Å². The Morgan fingerprint density at radius 1 is 1.11 bits per heavy atom. The van der Waals surface area contributed by atoms with Crippen LogP contribution in [0.2, 0.25) is 0 Å². The summed E-state index contributed by atoms with van der Waals surface area (Å²) in [5.41, 5.74) is 1.56. The molecule has 1 heterocycles. The summed E-state index contributed by atoms with van der Waals surface area (Å²) in [5.74, 6) is 0.304. The van der Waals surface area contributed by atoms with E-state index in [0.29, 0.717) is 22.1 Å². The first kappa shape index (κ1) is 19.8. The molecule has 0 aliphatic carbocycles. The third-order valence-electron chi connectivity index (χ3n) is 4.09. The summed E-state index contributed by atoms with van der Waals surface area (Å²) in [5, 5.41) is 14.9. The lowest BCUT2D eigenvalue weighted by Gasteiger charge is -2.15. The highest BCUT2D eigenvalue weighted by Gasteiger charge is 2.19. The molecule has 2 N–H and O–H groups in total. The highest BCUT2D eigenvalue weighted by molar-refractivity contribution is 7.98. The summed E-state index contributed by atoms with van der Waals surface area (Å²) >= 11 is 1.19. The highest BCUT2D eigenvalue weighted by atomic mass is 32.2. The lowest BCUT2D eigenvalue weighted by Crippen LogP contribution is -2.25. The van der Waals surface area contributed by atoms with Crippen molar-refractivity contribution in [2.75, 3.05) is 6.26 Å². The van der Waals surface area contributed by atoms with Crippen molar-refractivity contribution < 1.29 is 8.42 Å². The van der Waals surface area contributed by atoms with Crippen LogP contribution in [-0.2, 0) is 10.0 Å². The fraction of sp³-hybridized carbons (Fsp3) is 0.105. The topological polar surface area (TPSA) is 119 Å².